The molecule has 0 bridgehead atoms. The zero-order valence-corrected chi connectivity index (χ0v) is 15.5. The number of nitrogens with zero attached hydrogens (tertiary/aromatic N) is 3. The fourth-order valence-electron chi connectivity index (χ4n) is 2.24. The van der Waals surface area contributed by atoms with Crippen LogP contribution in [0.2, 0.25) is 0 Å². The van der Waals surface area contributed by atoms with Crippen LogP contribution >= 0.6 is 23.1 Å². The fourth-order valence-corrected chi connectivity index (χ4v) is 3.99. The van der Waals surface area contributed by atoms with Gasteiger partial charge in [0.05, 0.1) is 17.7 Å². The predicted octanol–water partition coefficient (Wildman–Crippen LogP) is 4.08. The molecule has 2 heterocycles. The number of methoxy groups -OCH3 is 1. The summed E-state index contributed by atoms with van der Waals surface area (Å²) in [6.07, 6.45) is 0. The number of likely N-dealkylation sites (N-methyl/N-ethyl adjacent to an activating group) is 1. The minimum atomic E-state index is -0.0488. The maximum absolute atomic E-state index is 12.6. The van der Waals surface area contributed by atoms with E-state index in [9.17, 15) is 4.79 Å². The summed E-state index contributed by atoms with van der Waals surface area (Å²) in [5, 5.41) is 3.25. The SMILES string of the molecule is COc1cccc(/C(C)=C2\S/C(=N/c3nc(C)cs3)N(C)C2=O)c1. The standard InChI is InChI=1S/C17H17N3O2S2/c1-10-9-23-16(18-10)19-17-20(3)15(21)14(24-17)11(2)12-6-5-7-13(8-12)22-4/h5-9H,1-4H3/b14-11-,19-17+. The number of aromatic nitrogens is 1. The van der Waals surface area contributed by atoms with Crippen LogP contribution in [0.4, 0.5) is 5.13 Å². The minimum absolute atomic E-state index is 0.0488. The Labute approximate surface area is 149 Å². The maximum atomic E-state index is 12.6. The molecule has 0 spiro atoms. The van der Waals surface area contributed by atoms with E-state index in [0.29, 0.717) is 15.2 Å². The van der Waals surface area contributed by atoms with Crippen LogP contribution in [-0.2, 0) is 4.79 Å². The summed E-state index contributed by atoms with van der Waals surface area (Å²) in [6, 6.07) is 7.70. The van der Waals surface area contributed by atoms with Gasteiger partial charge in [-0.25, -0.2) is 4.98 Å². The number of carbonyl (C=O) groups excluding carboxylic acids is 1. The Hall–Kier alpha value is -2.12. The van der Waals surface area contributed by atoms with Crippen LogP contribution in [0.3, 0.4) is 0 Å². The van der Waals surface area contributed by atoms with Crippen LogP contribution in [-0.4, -0.2) is 35.1 Å². The van der Waals surface area contributed by atoms with E-state index < -0.39 is 0 Å². The van der Waals surface area contributed by atoms with E-state index in [4.69, 9.17) is 4.74 Å². The number of hydrogen-bond donors (Lipinski definition) is 0. The van der Waals surface area contributed by atoms with Gasteiger partial charge in [-0.2, -0.15) is 4.99 Å². The van der Waals surface area contributed by atoms with Crippen LogP contribution in [0.25, 0.3) is 5.57 Å². The topological polar surface area (TPSA) is 54.8 Å². The van der Waals surface area contributed by atoms with Crippen molar-refractivity contribution < 1.29 is 9.53 Å². The van der Waals surface area contributed by atoms with E-state index in [1.54, 1.807) is 19.1 Å². The van der Waals surface area contributed by atoms with Gasteiger partial charge in [-0.05, 0) is 48.9 Å². The lowest BCUT2D eigenvalue weighted by Gasteiger charge is -2.07. The fraction of sp³-hybridized carbons (Fsp3) is 0.235. The van der Waals surface area contributed by atoms with E-state index in [-0.39, 0.29) is 5.91 Å². The van der Waals surface area contributed by atoms with Gasteiger partial charge in [0.15, 0.2) is 5.17 Å². The molecule has 124 valence electrons. The third-order valence-electron chi connectivity index (χ3n) is 3.62. The van der Waals surface area contributed by atoms with E-state index in [0.717, 1.165) is 22.6 Å². The molecular weight excluding hydrogens is 342 g/mol. The summed E-state index contributed by atoms with van der Waals surface area (Å²) >= 11 is 2.85. The third-order valence-corrected chi connectivity index (χ3v) is 5.71. The van der Waals surface area contributed by atoms with Crippen LogP contribution in [0.1, 0.15) is 18.2 Å². The smallest absolute Gasteiger partial charge is 0.266 e. The zero-order valence-electron chi connectivity index (χ0n) is 13.9. The van der Waals surface area contributed by atoms with Gasteiger partial charge in [0.25, 0.3) is 5.91 Å². The molecule has 24 heavy (non-hydrogen) atoms. The zero-order chi connectivity index (χ0) is 17.3. The number of hydrogen-bond acceptors (Lipinski definition) is 6. The van der Waals surface area contributed by atoms with Gasteiger partial charge in [0.2, 0.25) is 5.13 Å². The number of aliphatic imine (C=N–C) groups is 1. The van der Waals surface area contributed by atoms with Crippen molar-refractivity contribution in [3.63, 3.8) is 0 Å². The second-order valence-corrected chi connectivity index (χ2v) is 7.13. The highest BCUT2D eigenvalue weighted by atomic mass is 32.2. The van der Waals surface area contributed by atoms with Crippen molar-refractivity contribution in [2.75, 3.05) is 14.2 Å². The molecule has 1 saturated heterocycles. The van der Waals surface area contributed by atoms with Gasteiger partial charge < -0.3 is 4.74 Å². The minimum Gasteiger partial charge on any atom is -0.497 e. The Morgan fingerprint density at radius 3 is 2.83 bits per heavy atom. The second kappa shape index (κ2) is 6.78. The van der Waals surface area contributed by atoms with Crippen molar-refractivity contribution in [2.45, 2.75) is 13.8 Å². The van der Waals surface area contributed by atoms with Crippen LogP contribution in [0.5, 0.6) is 5.75 Å². The summed E-state index contributed by atoms with van der Waals surface area (Å²) in [5.41, 5.74) is 2.81. The summed E-state index contributed by atoms with van der Waals surface area (Å²) in [4.78, 5) is 23.7. The Morgan fingerprint density at radius 2 is 2.17 bits per heavy atom. The Bertz CT molecular complexity index is 855. The van der Waals surface area contributed by atoms with Crippen molar-refractivity contribution >= 4 is 44.9 Å². The molecule has 1 aromatic heterocycles. The highest BCUT2D eigenvalue weighted by molar-refractivity contribution is 8.18. The lowest BCUT2D eigenvalue weighted by molar-refractivity contribution is -0.121. The van der Waals surface area contributed by atoms with Gasteiger partial charge in [0, 0.05) is 12.4 Å². The Balaban J connectivity index is 1.96. The van der Waals surface area contributed by atoms with E-state index in [1.165, 1.54) is 23.1 Å². The number of amides is 1. The first-order valence-corrected chi connectivity index (χ1v) is 9.01. The predicted molar refractivity (Wildman–Crippen MR) is 99.9 cm³/mol. The van der Waals surface area contributed by atoms with Crippen LogP contribution in [0.15, 0.2) is 39.5 Å². The number of thiazole rings is 1. The number of thioether (sulfide) groups is 1. The molecule has 1 aliphatic rings. The van der Waals surface area contributed by atoms with E-state index in [2.05, 4.69) is 9.98 Å². The lowest BCUT2D eigenvalue weighted by atomic mass is 10.1. The Kier molecular flexibility index (Phi) is 4.73. The van der Waals surface area contributed by atoms with Crippen molar-refractivity contribution in [3.05, 3.63) is 45.8 Å². The van der Waals surface area contributed by atoms with Gasteiger partial charge in [-0.15, -0.1) is 11.3 Å². The van der Waals surface area contributed by atoms with Crippen molar-refractivity contribution in [3.8, 4) is 5.75 Å². The first-order valence-electron chi connectivity index (χ1n) is 7.31. The summed E-state index contributed by atoms with van der Waals surface area (Å²) in [7, 11) is 3.37. The van der Waals surface area contributed by atoms with Crippen molar-refractivity contribution in [1.82, 2.24) is 9.88 Å². The number of aryl methyl sites for hydroxylation is 1. The Morgan fingerprint density at radius 1 is 1.38 bits per heavy atom. The van der Waals surface area contributed by atoms with Crippen molar-refractivity contribution in [2.24, 2.45) is 4.99 Å². The van der Waals surface area contributed by atoms with Crippen LogP contribution < -0.4 is 4.74 Å². The number of allylic oxidation sites excluding steroid dienone is 1. The number of amidine groups is 1. The summed E-state index contributed by atoms with van der Waals surface area (Å²) < 4.78 is 5.26. The van der Waals surface area contributed by atoms with E-state index in [1.807, 2.05) is 43.5 Å². The molecule has 0 atom stereocenters. The van der Waals surface area contributed by atoms with Gasteiger partial charge in [0.1, 0.15) is 5.75 Å². The molecule has 0 radical (unpaired) electrons. The molecule has 0 N–H and O–H groups in total. The highest BCUT2D eigenvalue weighted by Crippen LogP contribution is 2.37. The average molecular weight is 359 g/mol. The molecule has 1 fully saturated rings. The highest BCUT2D eigenvalue weighted by Gasteiger charge is 2.32. The lowest BCUT2D eigenvalue weighted by Crippen LogP contribution is -2.23. The quantitative estimate of drug-likeness (QED) is 0.775. The van der Waals surface area contributed by atoms with Gasteiger partial charge >= 0.3 is 0 Å². The third kappa shape index (κ3) is 3.22. The number of carbonyl (C=O) groups is 1. The molecular formula is C17H17N3O2S2. The molecule has 1 aromatic carbocycles. The normalized spacial score (nSPS) is 18.4. The monoisotopic (exact) mass is 359 g/mol. The van der Waals surface area contributed by atoms with Gasteiger partial charge in [-0.1, -0.05) is 12.1 Å². The number of benzene rings is 1. The van der Waals surface area contributed by atoms with Crippen molar-refractivity contribution in [1.29, 1.82) is 0 Å². The molecule has 5 nitrogen and oxygen atoms in total. The largest absolute Gasteiger partial charge is 0.497 e. The molecule has 1 amide bonds. The van der Waals surface area contributed by atoms with Crippen LogP contribution in [0, 0.1) is 6.92 Å². The molecule has 0 saturated carbocycles. The number of ether oxygens (including phenoxy) is 1. The summed E-state index contributed by atoms with van der Waals surface area (Å²) in [5.74, 6) is 0.718. The first kappa shape index (κ1) is 16.7. The molecule has 0 unspecified atom stereocenters. The first-order chi connectivity index (χ1) is 11.5. The van der Waals surface area contributed by atoms with E-state index >= 15 is 0 Å². The van der Waals surface area contributed by atoms with Gasteiger partial charge in [-0.3, -0.25) is 9.69 Å². The summed E-state index contributed by atoms with van der Waals surface area (Å²) in [6.45, 7) is 3.87. The molecule has 7 heteroatoms. The molecule has 2 aromatic rings. The molecule has 3 rings (SSSR count). The second-order valence-electron chi connectivity index (χ2n) is 5.32. The molecule has 0 aliphatic carbocycles. The number of rotatable bonds is 3. The average Bonchev–Trinajstić information content (AvgIpc) is 3.12. The molecule has 1 aliphatic heterocycles. The maximum Gasteiger partial charge on any atom is 0.266 e.